The molecule has 0 spiro atoms. The van der Waals surface area contributed by atoms with Crippen LogP contribution in [0, 0.1) is 0 Å². The number of rotatable bonds is 6. The zero-order valence-electron chi connectivity index (χ0n) is 15.6. The van der Waals surface area contributed by atoms with Crippen LogP contribution >= 0.6 is 0 Å². The highest BCUT2D eigenvalue weighted by molar-refractivity contribution is 5.79. The molecule has 0 aliphatic carbocycles. The number of aliphatic hydroxyl groups is 3. The molecule has 5 N–H and O–H groups in total. The van der Waals surface area contributed by atoms with Gasteiger partial charge in [0.1, 0.15) is 30.4 Å². The fraction of sp³-hybridized carbons (Fsp3) is 0.389. The number of aliphatic hydroxyl groups excluding tert-OH is 3. The van der Waals surface area contributed by atoms with E-state index in [-0.39, 0.29) is 12.4 Å². The number of imidazole rings is 1. The highest BCUT2D eigenvalue weighted by Gasteiger charge is 2.44. The summed E-state index contributed by atoms with van der Waals surface area (Å²) in [5.41, 5.74) is 7.74. The van der Waals surface area contributed by atoms with Crippen LogP contribution in [0.5, 0.6) is 5.75 Å². The number of aromatic nitrogens is 4. The molecule has 0 radical (unpaired) electrons. The Balaban J connectivity index is 1.57. The summed E-state index contributed by atoms with van der Waals surface area (Å²) in [6, 6.07) is 7.43. The lowest BCUT2D eigenvalue weighted by Gasteiger charge is -2.15. The van der Waals surface area contributed by atoms with E-state index in [9.17, 15) is 15.3 Å². The van der Waals surface area contributed by atoms with Gasteiger partial charge in [-0.15, -0.1) is 0 Å². The first-order valence-corrected chi connectivity index (χ1v) is 8.94. The highest BCUT2D eigenvalue weighted by Crippen LogP contribution is 2.31. The third kappa shape index (κ3) is 3.44. The molecule has 11 nitrogen and oxygen atoms in total. The second-order valence-electron chi connectivity index (χ2n) is 6.63. The number of ether oxygens (including phenoxy) is 2. The van der Waals surface area contributed by atoms with Gasteiger partial charge in [-0.25, -0.2) is 4.98 Å². The first-order valence-electron chi connectivity index (χ1n) is 8.94. The number of hydrogen-bond donors (Lipinski definition) is 4. The number of nitrogen functional groups attached to an aromatic ring is 1. The quantitative estimate of drug-likeness (QED) is 0.362. The van der Waals surface area contributed by atoms with Gasteiger partial charge >= 0.3 is 0 Å². The average Bonchev–Trinajstić information content (AvgIpc) is 3.29. The maximum Gasteiger partial charge on any atom is 0.289 e. The van der Waals surface area contributed by atoms with Gasteiger partial charge in [0.25, 0.3) is 12.1 Å². The molecule has 1 aliphatic rings. The summed E-state index contributed by atoms with van der Waals surface area (Å²) < 4.78 is 13.5. The number of methoxy groups -OCH3 is 1. The third-order valence-corrected chi connectivity index (χ3v) is 4.83. The molecule has 1 saturated heterocycles. The molecule has 0 saturated carbocycles. The summed E-state index contributed by atoms with van der Waals surface area (Å²) in [4.78, 5) is 14.2. The Morgan fingerprint density at radius 1 is 1.28 bits per heavy atom. The lowest BCUT2D eigenvalue weighted by Crippen LogP contribution is -2.45. The van der Waals surface area contributed by atoms with Crippen LogP contribution in [0.15, 0.2) is 36.9 Å². The van der Waals surface area contributed by atoms with E-state index in [0.29, 0.717) is 11.2 Å². The van der Waals surface area contributed by atoms with Gasteiger partial charge in [0.05, 0.1) is 13.7 Å². The molecular formula is C18H22N5O6+. The second kappa shape index (κ2) is 7.79. The molecule has 4 rings (SSSR count). The van der Waals surface area contributed by atoms with Crippen molar-refractivity contribution in [2.24, 2.45) is 0 Å². The molecule has 29 heavy (non-hydrogen) atoms. The van der Waals surface area contributed by atoms with Gasteiger partial charge in [0.15, 0.2) is 12.8 Å². The number of hydrogen-bond acceptors (Lipinski definition) is 9. The van der Waals surface area contributed by atoms with E-state index in [2.05, 4.69) is 9.97 Å². The SMILES string of the molecule is COc1cccc(CO[n+]2cnc3c(ncn3[C@@H]3O[C@H](CO)[C@@H](O)[C@H]3O)c2N)c1. The van der Waals surface area contributed by atoms with E-state index in [4.69, 9.17) is 20.0 Å². The average molecular weight is 404 g/mol. The van der Waals surface area contributed by atoms with Gasteiger partial charge in [0.2, 0.25) is 11.2 Å². The van der Waals surface area contributed by atoms with Crippen LogP contribution in [0.4, 0.5) is 5.82 Å². The lowest BCUT2D eigenvalue weighted by atomic mass is 10.1. The normalized spacial score (nSPS) is 24.1. The number of anilines is 1. The Kier molecular flexibility index (Phi) is 5.20. The van der Waals surface area contributed by atoms with E-state index in [0.717, 1.165) is 11.3 Å². The van der Waals surface area contributed by atoms with E-state index >= 15 is 0 Å². The van der Waals surface area contributed by atoms with Crippen LogP contribution in [-0.4, -0.2) is 61.9 Å². The van der Waals surface area contributed by atoms with Crippen molar-refractivity contribution in [1.82, 2.24) is 14.5 Å². The fourth-order valence-electron chi connectivity index (χ4n) is 3.24. The summed E-state index contributed by atoms with van der Waals surface area (Å²) in [6.45, 7) is -0.191. The second-order valence-corrected chi connectivity index (χ2v) is 6.63. The highest BCUT2D eigenvalue weighted by atomic mass is 16.7. The van der Waals surface area contributed by atoms with Crippen molar-refractivity contribution in [3.63, 3.8) is 0 Å². The van der Waals surface area contributed by atoms with Crippen molar-refractivity contribution in [3.8, 4) is 5.75 Å². The molecule has 154 valence electrons. The lowest BCUT2D eigenvalue weighted by molar-refractivity contribution is -0.885. The summed E-state index contributed by atoms with van der Waals surface area (Å²) in [5, 5.41) is 29.5. The van der Waals surface area contributed by atoms with E-state index in [1.807, 2.05) is 24.3 Å². The van der Waals surface area contributed by atoms with Crippen molar-refractivity contribution < 1.29 is 34.4 Å². The first-order chi connectivity index (χ1) is 14.0. The minimum absolute atomic E-state index is 0.211. The smallest absolute Gasteiger partial charge is 0.289 e. The minimum Gasteiger partial charge on any atom is -0.497 e. The van der Waals surface area contributed by atoms with Crippen LogP contribution < -0.4 is 20.0 Å². The zero-order valence-corrected chi connectivity index (χ0v) is 15.6. The molecule has 1 aliphatic heterocycles. The van der Waals surface area contributed by atoms with Crippen LogP contribution in [-0.2, 0) is 11.3 Å². The Morgan fingerprint density at radius 2 is 2.10 bits per heavy atom. The van der Waals surface area contributed by atoms with Gasteiger partial charge in [-0.05, 0) is 17.7 Å². The van der Waals surface area contributed by atoms with Crippen molar-refractivity contribution in [3.05, 3.63) is 42.5 Å². The molecule has 0 unspecified atom stereocenters. The van der Waals surface area contributed by atoms with Crippen molar-refractivity contribution >= 4 is 17.0 Å². The molecular weight excluding hydrogens is 382 g/mol. The van der Waals surface area contributed by atoms with Gasteiger partial charge in [-0.3, -0.25) is 4.57 Å². The standard InChI is InChI=1S/C18H21N5O6/c1-27-11-4-2-3-10(5-11)7-28-23-9-21-17-13(16(23)19)20-8-22(17)18-15(26)14(25)12(6-24)29-18/h2-5,8-9,12,14-15,18-19,24-26H,6-7H2,1H3/p+1/t12-,14-,15-,18-/m1/s1. The number of benzene rings is 1. The zero-order chi connectivity index (χ0) is 20.5. The molecule has 4 atom stereocenters. The van der Waals surface area contributed by atoms with Gasteiger partial charge in [0, 0.05) is 0 Å². The maximum absolute atomic E-state index is 10.2. The minimum atomic E-state index is -1.25. The molecule has 11 heteroatoms. The van der Waals surface area contributed by atoms with E-state index in [1.165, 1.54) is 22.0 Å². The molecule has 1 aromatic carbocycles. The maximum atomic E-state index is 10.2. The molecule has 1 fully saturated rings. The number of nitrogens with zero attached hydrogens (tertiary/aromatic N) is 4. The summed E-state index contributed by atoms with van der Waals surface area (Å²) in [6.07, 6.45) is -1.53. The Bertz CT molecular complexity index is 1010. The monoisotopic (exact) mass is 404 g/mol. The fourth-order valence-corrected chi connectivity index (χ4v) is 3.24. The Labute approximate surface area is 165 Å². The number of fused-ring (bicyclic) bond motifs is 1. The summed E-state index contributed by atoms with van der Waals surface area (Å²) in [5.74, 6) is 0.929. The third-order valence-electron chi connectivity index (χ3n) is 4.83. The van der Waals surface area contributed by atoms with Gasteiger partial charge in [-0.1, -0.05) is 21.8 Å². The molecule has 3 aromatic rings. The van der Waals surface area contributed by atoms with Crippen molar-refractivity contribution in [2.45, 2.75) is 31.1 Å². The van der Waals surface area contributed by atoms with Crippen LogP contribution in [0.2, 0.25) is 0 Å². The first kappa shape index (κ1) is 19.3. The van der Waals surface area contributed by atoms with Crippen molar-refractivity contribution in [2.75, 3.05) is 19.5 Å². The molecule has 3 heterocycles. The predicted octanol–water partition coefficient (Wildman–Crippen LogP) is -1.45. The van der Waals surface area contributed by atoms with Crippen molar-refractivity contribution in [1.29, 1.82) is 0 Å². The van der Waals surface area contributed by atoms with Gasteiger partial charge < -0.3 is 35.4 Å². The Morgan fingerprint density at radius 3 is 2.83 bits per heavy atom. The van der Waals surface area contributed by atoms with E-state index < -0.39 is 31.1 Å². The Hall–Kier alpha value is -2.99. The topological polar surface area (TPSA) is 149 Å². The predicted molar refractivity (Wildman–Crippen MR) is 98.4 cm³/mol. The molecule has 0 bridgehead atoms. The van der Waals surface area contributed by atoms with E-state index in [1.54, 1.807) is 7.11 Å². The van der Waals surface area contributed by atoms with Crippen LogP contribution in [0.1, 0.15) is 11.8 Å². The molecule has 0 amide bonds. The summed E-state index contributed by atoms with van der Waals surface area (Å²) in [7, 11) is 1.59. The van der Waals surface area contributed by atoms with Crippen LogP contribution in [0.3, 0.4) is 0 Å². The summed E-state index contributed by atoms with van der Waals surface area (Å²) >= 11 is 0. The van der Waals surface area contributed by atoms with Crippen LogP contribution in [0.25, 0.3) is 11.2 Å². The molecule has 2 aromatic heterocycles. The largest absolute Gasteiger partial charge is 0.497 e. The van der Waals surface area contributed by atoms with Gasteiger partial charge in [-0.2, -0.15) is 0 Å². The number of nitrogens with two attached hydrogens (primary N) is 1.